The van der Waals surface area contributed by atoms with Gasteiger partial charge in [0, 0.05) is 36.2 Å². The van der Waals surface area contributed by atoms with E-state index in [9.17, 15) is 9.59 Å². The van der Waals surface area contributed by atoms with Gasteiger partial charge in [0.05, 0.1) is 18.4 Å². The summed E-state index contributed by atoms with van der Waals surface area (Å²) in [7, 11) is 0. The Kier molecular flexibility index (Phi) is 7.24. The van der Waals surface area contributed by atoms with Crippen molar-refractivity contribution in [1.82, 2.24) is 24.6 Å². The minimum absolute atomic E-state index is 0.0233. The van der Waals surface area contributed by atoms with Crippen LogP contribution < -0.4 is 0 Å². The molecule has 0 radical (unpaired) electrons. The van der Waals surface area contributed by atoms with Crippen molar-refractivity contribution in [3.63, 3.8) is 0 Å². The van der Waals surface area contributed by atoms with Gasteiger partial charge in [0.2, 0.25) is 17.6 Å². The number of furan rings is 1. The van der Waals surface area contributed by atoms with Gasteiger partial charge in [-0.15, -0.1) is 21.5 Å². The van der Waals surface area contributed by atoms with E-state index < -0.39 is 0 Å². The van der Waals surface area contributed by atoms with E-state index >= 15 is 0 Å². The highest BCUT2D eigenvalue weighted by atomic mass is 32.2. The number of carbonyl (C=O) groups is 2. The number of benzene rings is 1. The van der Waals surface area contributed by atoms with Crippen molar-refractivity contribution >= 4 is 34.9 Å². The Labute approximate surface area is 217 Å². The van der Waals surface area contributed by atoms with Crippen LogP contribution in [0.2, 0.25) is 0 Å². The van der Waals surface area contributed by atoms with Crippen LogP contribution in [0.15, 0.2) is 69.7 Å². The average Bonchev–Trinajstić information content (AvgIpc) is 3.65. The first-order valence-electron chi connectivity index (χ1n) is 11.8. The molecule has 0 spiro atoms. The minimum Gasteiger partial charge on any atom is -0.461 e. The Bertz CT molecular complexity index is 1320. The summed E-state index contributed by atoms with van der Waals surface area (Å²) in [5.74, 6) is 1.57. The van der Waals surface area contributed by atoms with Gasteiger partial charge >= 0.3 is 0 Å². The summed E-state index contributed by atoms with van der Waals surface area (Å²) < 4.78 is 7.49. The van der Waals surface area contributed by atoms with Crippen LogP contribution in [0.3, 0.4) is 0 Å². The molecule has 36 heavy (non-hydrogen) atoms. The van der Waals surface area contributed by atoms with Gasteiger partial charge in [-0.05, 0) is 49.6 Å². The van der Waals surface area contributed by atoms with E-state index in [1.807, 2.05) is 82.1 Å². The smallest absolute Gasteiger partial charge is 0.233 e. The summed E-state index contributed by atoms with van der Waals surface area (Å²) in [5, 5.41) is 11.3. The monoisotopic (exact) mass is 521 g/mol. The van der Waals surface area contributed by atoms with Gasteiger partial charge in [0.15, 0.2) is 10.9 Å². The maximum atomic E-state index is 13.1. The Morgan fingerprint density at radius 2 is 1.92 bits per heavy atom. The van der Waals surface area contributed by atoms with Crippen LogP contribution in [0.5, 0.6) is 0 Å². The molecule has 5 rings (SSSR count). The highest BCUT2D eigenvalue weighted by Gasteiger charge is 2.30. The Morgan fingerprint density at radius 3 is 2.61 bits per heavy atom. The largest absolute Gasteiger partial charge is 0.461 e. The number of aromatic nitrogens is 3. The first-order valence-corrected chi connectivity index (χ1v) is 13.6. The van der Waals surface area contributed by atoms with Gasteiger partial charge < -0.3 is 14.2 Å². The van der Waals surface area contributed by atoms with Gasteiger partial charge in [-0.1, -0.05) is 35.5 Å². The second-order valence-electron chi connectivity index (χ2n) is 8.78. The fourth-order valence-electron chi connectivity index (χ4n) is 4.29. The molecule has 10 heteroatoms. The quantitative estimate of drug-likeness (QED) is 0.337. The fourth-order valence-corrected chi connectivity index (χ4v) is 5.84. The summed E-state index contributed by atoms with van der Waals surface area (Å²) in [6.45, 7) is 5.64. The number of aryl methyl sites for hydroxylation is 1. The molecule has 4 aromatic rings. The van der Waals surface area contributed by atoms with E-state index in [4.69, 9.17) is 4.42 Å². The summed E-state index contributed by atoms with van der Waals surface area (Å²) in [5.41, 5.74) is 2.05. The van der Waals surface area contributed by atoms with Crippen molar-refractivity contribution in [3.8, 4) is 17.3 Å². The molecular weight excluding hydrogens is 494 g/mol. The van der Waals surface area contributed by atoms with Crippen LogP contribution in [0.4, 0.5) is 0 Å². The highest BCUT2D eigenvalue weighted by Crippen LogP contribution is 2.29. The zero-order chi connectivity index (χ0) is 25.1. The first kappa shape index (κ1) is 24.3. The molecule has 4 heterocycles. The molecule has 1 aliphatic heterocycles. The average molecular weight is 522 g/mol. The molecular formula is C26H27N5O3S2. The molecule has 3 aromatic heterocycles. The molecule has 8 nitrogen and oxygen atoms in total. The van der Waals surface area contributed by atoms with Crippen molar-refractivity contribution in [2.24, 2.45) is 0 Å². The van der Waals surface area contributed by atoms with Gasteiger partial charge in [0.25, 0.3) is 0 Å². The van der Waals surface area contributed by atoms with E-state index in [0.717, 1.165) is 16.1 Å². The minimum atomic E-state index is -0.0260. The lowest BCUT2D eigenvalue weighted by Gasteiger charge is -2.40. The predicted octanol–water partition coefficient (Wildman–Crippen LogP) is 4.29. The zero-order valence-corrected chi connectivity index (χ0v) is 21.8. The van der Waals surface area contributed by atoms with Crippen molar-refractivity contribution < 1.29 is 14.0 Å². The SMILES string of the molecule is Cc1ccc(-n2c(SCC(=O)N3CCN(C(=O)Cc4cccs4)C(C)C3)nnc2-c2ccco2)cc1. The Morgan fingerprint density at radius 1 is 1.08 bits per heavy atom. The lowest BCUT2D eigenvalue weighted by atomic mass is 10.1. The normalized spacial score (nSPS) is 15.9. The number of thiophene rings is 1. The van der Waals surface area contributed by atoms with Crippen LogP contribution in [0, 0.1) is 6.92 Å². The lowest BCUT2D eigenvalue weighted by molar-refractivity contribution is -0.140. The van der Waals surface area contributed by atoms with Gasteiger partial charge in [0.1, 0.15) is 0 Å². The van der Waals surface area contributed by atoms with Crippen LogP contribution in [-0.2, 0) is 16.0 Å². The number of piperazine rings is 1. The Balaban J connectivity index is 1.25. The van der Waals surface area contributed by atoms with Crippen LogP contribution >= 0.6 is 23.1 Å². The van der Waals surface area contributed by atoms with E-state index in [1.165, 1.54) is 11.8 Å². The third-order valence-corrected chi connectivity index (χ3v) is 7.99. The maximum Gasteiger partial charge on any atom is 0.233 e. The Hall–Kier alpha value is -3.37. The molecule has 0 saturated carbocycles. The fraction of sp³-hybridized carbons (Fsp3) is 0.308. The molecule has 1 fully saturated rings. The van der Waals surface area contributed by atoms with E-state index in [0.29, 0.717) is 42.8 Å². The molecule has 2 amide bonds. The predicted molar refractivity (Wildman–Crippen MR) is 140 cm³/mol. The van der Waals surface area contributed by atoms with Gasteiger partial charge in [-0.3, -0.25) is 14.2 Å². The number of nitrogens with zero attached hydrogens (tertiary/aromatic N) is 5. The molecule has 1 aromatic carbocycles. The number of rotatable bonds is 7. The molecule has 0 aliphatic carbocycles. The number of amides is 2. The zero-order valence-electron chi connectivity index (χ0n) is 20.2. The number of thioether (sulfide) groups is 1. The number of carbonyl (C=O) groups excluding carboxylic acids is 2. The van der Waals surface area contributed by atoms with Gasteiger partial charge in [-0.25, -0.2) is 0 Å². The van der Waals surface area contributed by atoms with Gasteiger partial charge in [-0.2, -0.15) is 0 Å². The van der Waals surface area contributed by atoms with Crippen LogP contribution in [-0.4, -0.2) is 67.8 Å². The second kappa shape index (κ2) is 10.7. The molecule has 1 atom stereocenters. The third-order valence-electron chi connectivity index (χ3n) is 6.20. The highest BCUT2D eigenvalue weighted by molar-refractivity contribution is 7.99. The van der Waals surface area contributed by atoms with Crippen molar-refractivity contribution in [2.45, 2.75) is 31.5 Å². The molecule has 186 valence electrons. The summed E-state index contributed by atoms with van der Waals surface area (Å²) in [6.07, 6.45) is 2.02. The molecule has 1 saturated heterocycles. The topological polar surface area (TPSA) is 84.5 Å². The maximum absolute atomic E-state index is 13.1. The van der Waals surface area contributed by atoms with E-state index in [-0.39, 0.29) is 23.6 Å². The van der Waals surface area contributed by atoms with Crippen molar-refractivity contribution in [2.75, 3.05) is 25.4 Å². The van der Waals surface area contributed by atoms with Crippen molar-refractivity contribution in [1.29, 1.82) is 0 Å². The lowest BCUT2D eigenvalue weighted by Crippen LogP contribution is -2.56. The number of hydrogen-bond acceptors (Lipinski definition) is 7. The van der Waals surface area contributed by atoms with Crippen LogP contribution in [0.1, 0.15) is 17.4 Å². The second-order valence-corrected chi connectivity index (χ2v) is 10.7. The number of hydrogen-bond donors (Lipinski definition) is 0. The summed E-state index contributed by atoms with van der Waals surface area (Å²) in [6, 6.07) is 15.6. The standard InChI is InChI=1S/C26H27N5O3S2/c1-18-7-9-20(10-8-18)31-25(22-6-3-13-34-22)27-28-26(31)36-17-24(33)29-11-12-30(19(2)16-29)23(32)15-21-5-4-14-35-21/h3-10,13-14,19H,11-12,15-17H2,1-2H3. The summed E-state index contributed by atoms with van der Waals surface area (Å²) in [4.78, 5) is 30.7. The van der Waals surface area contributed by atoms with E-state index in [1.54, 1.807) is 17.6 Å². The van der Waals surface area contributed by atoms with Crippen molar-refractivity contribution in [3.05, 3.63) is 70.6 Å². The van der Waals surface area contributed by atoms with E-state index in [2.05, 4.69) is 10.2 Å². The third kappa shape index (κ3) is 5.24. The molecule has 1 aliphatic rings. The molecule has 0 bridgehead atoms. The van der Waals surface area contributed by atoms with Crippen LogP contribution in [0.25, 0.3) is 17.3 Å². The summed E-state index contributed by atoms with van der Waals surface area (Å²) >= 11 is 2.95. The first-order chi connectivity index (χ1) is 17.5. The molecule has 0 N–H and O–H groups in total. The molecule has 1 unspecified atom stereocenters.